The van der Waals surface area contributed by atoms with E-state index in [0.717, 1.165) is 5.56 Å². The fourth-order valence-electron chi connectivity index (χ4n) is 4.10. The van der Waals surface area contributed by atoms with Crippen LogP contribution in [0.1, 0.15) is 30.2 Å². The summed E-state index contributed by atoms with van der Waals surface area (Å²) in [5.41, 5.74) is 7.09. The quantitative estimate of drug-likeness (QED) is 0.489. The van der Waals surface area contributed by atoms with E-state index in [4.69, 9.17) is 5.73 Å². The Balaban J connectivity index is 1.61. The summed E-state index contributed by atoms with van der Waals surface area (Å²) in [6.07, 6.45) is -1.08. The summed E-state index contributed by atoms with van der Waals surface area (Å²) in [4.78, 5) is 30.2. The Bertz CT molecular complexity index is 1380. The van der Waals surface area contributed by atoms with Crippen molar-refractivity contribution >= 4 is 23.2 Å². The highest BCUT2D eigenvalue weighted by atomic mass is 19.4. The van der Waals surface area contributed by atoms with E-state index in [9.17, 15) is 18.0 Å². The minimum Gasteiger partial charge on any atom is -0.383 e. The molecule has 0 saturated heterocycles. The van der Waals surface area contributed by atoms with Gasteiger partial charge in [-0.2, -0.15) is 13.2 Å². The molecule has 0 aliphatic carbocycles. The maximum absolute atomic E-state index is 13.0. The van der Waals surface area contributed by atoms with E-state index in [0.29, 0.717) is 11.2 Å². The first-order chi connectivity index (χ1) is 15.7. The lowest BCUT2D eigenvalue weighted by molar-refractivity contribution is -0.134. The average molecular weight is 453 g/mol. The third-order valence-electron chi connectivity index (χ3n) is 5.79. The molecule has 4 aromatic rings. The lowest BCUT2D eigenvalue weighted by Crippen LogP contribution is -2.32. The van der Waals surface area contributed by atoms with E-state index in [1.54, 1.807) is 23.7 Å². The molecule has 33 heavy (non-hydrogen) atoms. The van der Waals surface area contributed by atoms with E-state index in [2.05, 4.69) is 25.3 Å². The molecule has 1 aliphatic rings. The number of benzene rings is 1. The number of halogens is 3. The van der Waals surface area contributed by atoms with Crippen LogP contribution in [0.5, 0.6) is 0 Å². The van der Waals surface area contributed by atoms with Crippen LogP contribution in [0.15, 0.2) is 48.9 Å². The number of carbonyl (C=O) groups is 1. The zero-order valence-electron chi connectivity index (χ0n) is 17.4. The zero-order chi connectivity index (χ0) is 23.4. The molecule has 11 heteroatoms. The maximum Gasteiger partial charge on any atom is 0.389 e. The van der Waals surface area contributed by atoms with Gasteiger partial charge in [-0.15, -0.1) is 0 Å². The second kappa shape index (κ2) is 7.26. The first-order valence-electron chi connectivity index (χ1n) is 10.1. The summed E-state index contributed by atoms with van der Waals surface area (Å²) in [7, 11) is 0. The molecule has 0 fully saturated rings. The molecule has 5 rings (SSSR count). The Labute approximate surface area is 185 Å². The molecule has 0 saturated carbocycles. The summed E-state index contributed by atoms with van der Waals surface area (Å²) in [6, 6.07) is 9.14. The van der Waals surface area contributed by atoms with Crippen LogP contribution < -0.4 is 11.1 Å². The number of imidazole rings is 1. The number of nitrogens with two attached hydrogens (primary N) is 1. The molecule has 0 radical (unpaired) electrons. The van der Waals surface area contributed by atoms with Crippen LogP contribution in [0.25, 0.3) is 17.2 Å². The number of alkyl halides is 3. The van der Waals surface area contributed by atoms with Crippen molar-refractivity contribution < 1.29 is 18.0 Å². The monoisotopic (exact) mass is 453 g/mol. The Morgan fingerprint density at radius 2 is 1.91 bits per heavy atom. The van der Waals surface area contributed by atoms with Crippen molar-refractivity contribution in [2.75, 3.05) is 11.1 Å². The Kier molecular flexibility index (Phi) is 4.59. The number of carbonyl (C=O) groups excluding carboxylic acids is 1. The molecule has 3 N–H and O–H groups in total. The smallest absolute Gasteiger partial charge is 0.383 e. The fraction of sp³-hybridized carbons (Fsp3) is 0.227. The van der Waals surface area contributed by atoms with Gasteiger partial charge < -0.3 is 15.5 Å². The third kappa shape index (κ3) is 3.45. The van der Waals surface area contributed by atoms with Crippen molar-refractivity contribution in [3.63, 3.8) is 0 Å². The molecule has 168 valence electrons. The van der Waals surface area contributed by atoms with Gasteiger partial charge in [-0.1, -0.05) is 30.3 Å². The molecule has 1 amide bonds. The number of hydrogen-bond acceptors (Lipinski definition) is 6. The van der Waals surface area contributed by atoms with Gasteiger partial charge >= 0.3 is 6.18 Å². The van der Waals surface area contributed by atoms with E-state index in [1.165, 1.54) is 6.20 Å². The summed E-state index contributed by atoms with van der Waals surface area (Å²) in [5, 5.41) is 2.76. The summed E-state index contributed by atoms with van der Waals surface area (Å²) in [5.74, 6) is 0.126. The number of aromatic nitrogens is 5. The van der Waals surface area contributed by atoms with E-state index < -0.39 is 18.0 Å². The largest absolute Gasteiger partial charge is 0.389 e. The standard InChI is InChI=1S/C22H18F3N7O/c1-21(12-5-3-2-4-6-12)15-16(26)29-17(30-18(15)31-20(21)33)14-11-32-10-9-27-19(32)13(28-14)7-8-22(23,24)25/h2-6,9-11H,7-8H2,1H3,(H3,26,29,30,31,33). The van der Waals surface area contributed by atoms with Gasteiger partial charge in [0.1, 0.15) is 22.7 Å². The third-order valence-corrected chi connectivity index (χ3v) is 5.79. The van der Waals surface area contributed by atoms with Crippen molar-refractivity contribution in [3.8, 4) is 11.5 Å². The molecule has 0 spiro atoms. The number of nitrogens with one attached hydrogen (secondary N) is 1. The number of rotatable bonds is 4. The van der Waals surface area contributed by atoms with Crippen molar-refractivity contribution in [2.24, 2.45) is 0 Å². The predicted octanol–water partition coefficient (Wildman–Crippen LogP) is 3.52. The van der Waals surface area contributed by atoms with Gasteiger partial charge in [0.25, 0.3) is 0 Å². The van der Waals surface area contributed by atoms with Gasteiger partial charge in [0.2, 0.25) is 5.91 Å². The van der Waals surface area contributed by atoms with Crippen LogP contribution >= 0.6 is 0 Å². The summed E-state index contributed by atoms with van der Waals surface area (Å²) >= 11 is 0. The molecule has 1 atom stereocenters. The number of amides is 1. The van der Waals surface area contributed by atoms with Crippen LogP contribution in [-0.2, 0) is 16.6 Å². The highest BCUT2D eigenvalue weighted by Gasteiger charge is 2.47. The molecular formula is C22H18F3N7O. The lowest BCUT2D eigenvalue weighted by atomic mass is 9.78. The molecule has 3 aromatic heterocycles. The predicted molar refractivity (Wildman–Crippen MR) is 114 cm³/mol. The van der Waals surface area contributed by atoms with Crippen LogP contribution in [0.2, 0.25) is 0 Å². The second-order valence-corrected chi connectivity index (χ2v) is 7.95. The second-order valence-electron chi connectivity index (χ2n) is 7.95. The van der Waals surface area contributed by atoms with Crippen molar-refractivity contribution in [2.45, 2.75) is 31.4 Å². The Morgan fingerprint density at radius 3 is 2.64 bits per heavy atom. The molecular weight excluding hydrogens is 435 g/mol. The van der Waals surface area contributed by atoms with E-state index in [-0.39, 0.29) is 41.2 Å². The average Bonchev–Trinajstić information content (AvgIpc) is 3.35. The first-order valence-corrected chi connectivity index (χ1v) is 10.1. The summed E-state index contributed by atoms with van der Waals surface area (Å²) in [6.45, 7) is 1.74. The number of hydrogen-bond donors (Lipinski definition) is 2. The maximum atomic E-state index is 13.0. The zero-order valence-corrected chi connectivity index (χ0v) is 17.4. The molecule has 4 heterocycles. The number of fused-ring (bicyclic) bond motifs is 2. The molecule has 8 nitrogen and oxygen atoms in total. The topological polar surface area (TPSA) is 111 Å². The summed E-state index contributed by atoms with van der Waals surface area (Å²) < 4.78 is 40.0. The first kappa shape index (κ1) is 20.9. The number of nitrogens with zero attached hydrogens (tertiary/aromatic N) is 5. The SMILES string of the molecule is CC1(c2ccccc2)C(=O)Nc2nc(-c3cn4ccnc4c(CCC(F)(F)F)n3)nc(N)c21. The van der Waals surface area contributed by atoms with Gasteiger partial charge in [-0.3, -0.25) is 4.79 Å². The number of anilines is 2. The van der Waals surface area contributed by atoms with Crippen molar-refractivity contribution in [3.05, 3.63) is 65.7 Å². The molecule has 1 unspecified atom stereocenters. The number of nitrogen functional groups attached to an aromatic ring is 1. The Morgan fingerprint density at radius 1 is 1.15 bits per heavy atom. The minimum absolute atomic E-state index is 0.0871. The van der Waals surface area contributed by atoms with Crippen LogP contribution in [-0.4, -0.2) is 36.4 Å². The van der Waals surface area contributed by atoms with Crippen LogP contribution in [0, 0.1) is 0 Å². The van der Waals surface area contributed by atoms with Gasteiger partial charge in [0, 0.05) is 31.4 Å². The lowest BCUT2D eigenvalue weighted by Gasteiger charge is -2.23. The van der Waals surface area contributed by atoms with Crippen LogP contribution in [0.3, 0.4) is 0 Å². The molecule has 1 aliphatic heterocycles. The van der Waals surface area contributed by atoms with Gasteiger partial charge in [0.05, 0.1) is 11.3 Å². The van der Waals surface area contributed by atoms with Gasteiger partial charge in [0.15, 0.2) is 11.5 Å². The highest BCUT2D eigenvalue weighted by Crippen LogP contribution is 2.44. The van der Waals surface area contributed by atoms with Gasteiger partial charge in [-0.25, -0.2) is 19.9 Å². The van der Waals surface area contributed by atoms with Gasteiger partial charge in [-0.05, 0) is 12.5 Å². The van der Waals surface area contributed by atoms with E-state index >= 15 is 0 Å². The Hall–Kier alpha value is -4.02. The van der Waals surface area contributed by atoms with Crippen LogP contribution in [0.4, 0.5) is 24.8 Å². The fourth-order valence-corrected chi connectivity index (χ4v) is 4.10. The minimum atomic E-state index is -4.33. The van der Waals surface area contributed by atoms with Crippen molar-refractivity contribution in [1.29, 1.82) is 0 Å². The number of aryl methyl sites for hydroxylation is 1. The highest BCUT2D eigenvalue weighted by molar-refractivity contribution is 6.09. The normalized spacial score (nSPS) is 17.9. The van der Waals surface area contributed by atoms with E-state index in [1.807, 2.05) is 30.3 Å². The molecule has 1 aromatic carbocycles. The van der Waals surface area contributed by atoms with Crippen molar-refractivity contribution in [1.82, 2.24) is 24.3 Å². The molecule has 0 bridgehead atoms.